The average Bonchev–Trinajstić information content (AvgIpc) is 3.60. The summed E-state index contributed by atoms with van der Waals surface area (Å²) >= 11 is 19.9. The molecule has 2 aliphatic rings. The Morgan fingerprint density at radius 2 is 1.56 bits per heavy atom. The van der Waals surface area contributed by atoms with Gasteiger partial charge in [0.05, 0.1) is 33.4 Å². The molecule has 0 aliphatic carbocycles. The second kappa shape index (κ2) is 9.39. The fourth-order valence-electron chi connectivity index (χ4n) is 6.05. The minimum atomic E-state index is -1.88. The van der Waals surface area contributed by atoms with Crippen molar-refractivity contribution in [3.8, 4) is 0 Å². The molecule has 1 atom stereocenters. The van der Waals surface area contributed by atoms with Gasteiger partial charge in [-0.1, -0.05) is 76.5 Å². The fourth-order valence-corrected chi connectivity index (χ4v) is 7.64. The van der Waals surface area contributed by atoms with Crippen molar-refractivity contribution in [2.45, 2.75) is 12.1 Å². The Labute approximate surface area is 262 Å². The number of rotatable bonds is 3. The number of carbonyl (C=O) groups is 2. The minimum absolute atomic E-state index is 0.0689. The molecule has 6 aromatic rings. The first-order valence-corrected chi connectivity index (χ1v) is 15.1. The van der Waals surface area contributed by atoms with Crippen LogP contribution < -0.4 is 15.2 Å². The smallest absolute Gasteiger partial charge is 0.297 e. The number of halogens is 3. The second-order valence-corrected chi connectivity index (χ2v) is 12.6. The van der Waals surface area contributed by atoms with Gasteiger partial charge in [-0.25, -0.2) is 4.98 Å². The molecule has 2 aromatic heterocycles. The highest BCUT2D eigenvalue weighted by Crippen LogP contribution is 2.55. The highest BCUT2D eigenvalue weighted by Gasteiger charge is 2.66. The number of anilines is 2. The van der Waals surface area contributed by atoms with Gasteiger partial charge < -0.3 is 9.32 Å². The van der Waals surface area contributed by atoms with Gasteiger partial charge in [0.2, 0.25) is 5.76 Å². The van der Waals surface area contributed by atoms with Crippen molar-refractivity contribution in [3.05, 3.63) is 133 Å². The van der Waals surface area contributed by atoms with Gasteiger partial charge in [-0.15, -0.1) is 0 Å². The standard InChI is InChI=1S/C32H16Cl3N3O4S/c33-17-7-5-16(6-8-17)15-37-23-4-2-1-3-21(23)32(30(37)41)26-27(39)20-13-18(34)10-12-24(20)42-28(26)29(40)38(32)31-36-22-11-9-19(35)14-25(22)43-31/h1-14H,15H2. The van der Waals surface area contributed by atoms with Gasteiger partial charge in [0, 0.05) is 20.6 Å². The number of aromatic nitrogens is 1. The Morgan fingerprint density at radius 3 is 2.37 bits per heavy atom. The molecule has 1 unspecified atom stereocenters. The molecular weight excluding hydrogens is 629 g/mol. The molecule has 1 spiro atoms. The molecule has 4 heterocycles. The fraction of sp³-hybridized carbons (Fsp3) is 0.0625. The molecule has 4 aromatic carbocycles. The van der Waals surface area contributed by atoms with E-state index in [2.05, 4.69) is 0 Å². The molecule has 11 heteroatoms. The summed E-state index contributed by atoms with van der Waals surface area (Å²) in [5.74, 6) is -1.35. The normalized spacial score (nSPS) is 17.5. The third kappa shape index (κ3) is 3.67. The summed E-state index contributed by atoms with van der Waals surface area (Å²) < 4.78 is 6.85. The maximum atomic E-state index is 15.0. The summed E-state index contributed by atoms with van der Waals surface area (Å²) in [6, 6.07) is 24.1. The molecule has 0 fully saturated rings. The topological polar surface area (TPSA) is 83.7 Å². The predicted octanol–water partition coefficient (Wildman–Crippen LogP) is 7.81. The molecular formula is C32H16Cl3N3O4S. The van der Waals surface area contributed by atoms with Crippen LogP contribution in [0.3, 0.4) is 0 Å². The summed E-state index contributed by atoms with van der Waals surface area (Å²) in [5, 5.41) is 1.78. The van der Waals surface area contributed by atoms with Gasteiger partial charge in [-0.2, -0.15) is 0 Å². The zero-order valence-corrected chi connectivity index (χ0v) is 24.9. The van der Waals surface area contributed by atoms with Gasteiger partial charge in [0.25, 0.3) is 11.8 Å². The van der Waals surface area contributed by atoms with Crippen molar-refractivity contribution in [3.63, 3.8) is 0 Å². The quantitative estimate of drug-likeness (QED) is 0.196. The van der Waals surface area contributed by atoms with Crippen LogP contribution in [0.4, 0.5) is 10.8 Å². The SMILES string of the molecule is O=C1c2oc3ccc(Cl)cc3c(=O)c2C2(C(=O)N(Cc3ccc(Cl)cc3)c3ccccc32)N1c1nc2ccc(Cl)cc2s1. The van der Waals surface area contributed by atoms with Crippen LogP contribution in [0.15, 0.2) is 94.1 Å². The lowest BCUT2D eigenvalue weighted by atomic mass is 9.84. The van der Waals surface area contributed by atoms with E-state index in [0.717, 1.165) is 10.3 Å². The van der Waals surface area contributed by atoms with E-state index in [-0.39, 0.29) is 34.0 Å². The summed E-state index contributed by atoms with van der Waals surface area (Å²) in [7, 11) is 0. The van der Waals surface area contributed by atoms with Crippen LogP contribution >= 0.6 is 46.1 Å². The molecule has 43 heavy (non-hydrogen) atoms. The van der Waals surface area contributed by atoms with Crippen LogP contribution in [0.1, 0.15) is 27.2 Å². The number of thiazole rings is 1. The highest BCUT2D eigenvalue weighted by molar-refractivity contribution is 7.22. The van der Waals surface area contributed by atoms with E-state index in [1.165, 1.54) is 22.3 Å². The van der Waals surface area contributed by atoms with Crippen LogP contribution in [-0.4, -0.2) is 16.8 Å². The number of nitrogens with zero attached hydrogens (tertiary/aromatic N) is 3. The number of hydrogen-bond acceptors (Lipinski definition) is 6. The van der Waals surface area contributed by atoms with E-state index in [1.807, 2.05) is 18.2 Å². The van der Waals surface area contributed by atoms with Crippen molar-refractivity contribution in [1.29, 1.82) is 0 Å². The summed E-state index contributed by atoms with van der Waals surface area (Å²) in [6.45, 7) is 0.173. The lowest BCUT2D eigenvalue weighted by molar-refractivity contribution is -0.121. The Morgan fingerprint density at radius 1 is 0.837 bits per heavy atom. The maximum absolute atomic E-state index is 15.0. The van der Waals surface area contributed by atoms with Crippen LogP contribution in [-0.2, 0) is 16.9 Å². The lowest BCUT2D eigenvalue weighted by Gasteiger charge is -2.32. The van der Waals surface area contributed by atoms with Gasteiger partial charge in [-0.3, -0.25) is 19.3 Å². The number of fused-ring (bicyclic) bond motifs is 6. The predicted molar refractivity (Wildman–Crippen MR) is 169 cm³/mol. The van der Waals surface area contributed by atoms with Gasteiger partial charge in [0.15, 0.2) is 16.1 Å². The maximum Gasteiger partial charge on any atom is 0.297 e. The zero-order chi connectivity index (χ0) is 29.6. The molecule has 0 saturated heterocycles. The van der Waals surface area contributed by atoms with E-state index in [4.69, 9.17) is 44.2 Å². The van der Waals surface area contributed by atoms with Crippen molar-refractivity contribution in [1.82, 2.24) is 4.98 Å². The van der Waals surface area contributed by atoms with E-state index in [0.29, 0.717) is 31.8 Å². The monoisotopic (exact) mass is 643 g/mol. The first-order chi connectivity index (χ1) is 20.8. The van der Waals surface area contributed by atoms with Crippen molar-refractivity contribution in [2.75, 3.05) is 9.80 Å². The van der Waals surface area contributed by atoms with E-state index < -0.39 is 22.8 Å². The minimum Gasteiger partial charge on any atom is -0.450 e. The largest absolute Gasteiger partial charge is 0.450 e. The second-order valence-electron chi connectivity index (χ2n) is 10.3. The Balaban J connectivity index is 1.45. The Bertz CT molecular complexity index is 2250. The first kappa shape index (κ1) is 26.4. The molecule has 0 saturated carbocycles. The molecule has 0 bridgehead atoms. The van der Waals surface area contributed by atoms with Crippen LogP contribution in [0.25, 0.3) is 21.2 Å². The highest BCUT2D eigenvalue weighted by atomic mass is 35.5. The molecule has 7 nitrogen and oxygen atoms in total. The van der Waals surface area contributed by atoms with Crippen LogP contribution in [0.2, 0.25) is 15.1 Å². The van der Waals surface area contributed by atoms with Crippen LogP contribution in [0.5, 0.6) is 0 Å². The van der Waals surface area contributed by atoms with E-state index >= 15 is 4.79 Å². The number of amides is 2. The third-order valence-corrected chi connectivity index (χ3v) is 9.60. The molecule has 0 radical (unpaired) electrons. The lowest BCUT2D eigenvalue weighted by Crippen LogP contribution is -2.53. The number of benzene rings is 4. The average molecular weight is 645 g/mol. The zero-order valence-electron chi connectivity index (χ0n) is 21.8. The molecule has 8 rings (SSSR count). The Kier molecular flexibility index (Phi) is 5.77. The van der Waals surface area contributed by atoms with Crippen molar-refractivity contribution in [2.24, 2.45) is 0 Å². The van der Waals surface area contributed by atoms with E-state index in [9.17, 15) is 9.59 Å². The molecule has 210 valence electrons. The molecule has 2 aliphatic heterocycles. The number of carbonyl (C=O) groups excluding carboxylic acids is 2. The summed E-state index contributed by atoms with van der Waals surface area (Å²) in [5.41, 5.74) is 0.144. The molecule has 2 amide bonds. The van der Waals surface area contributed by atoms with E-state index in [1.54, 1.807) is 65.6 Å². The third-order valence-electron chi connectivity index (χ3n) is 7.87. The number of hydrogen-bond donors (Lipinski definition) is 0. The molecule has 0 N–H and O–H groups in total. The summed E-state index contributed by atoms with van der Waals surface area (Å²) in [4.78, 5) is 51.5. The van der Waals surface area contributed by atoms with Gasteiger partial charge >= 0.3 is 0 Å². The van der Waals surface area contributed by atoms with Gasteiger partial charge in [0.1, 0.15) is 5.58 Å². The Hall–Kier alpha value is -4.21. The first-order valence-electron chi connectivity index (χ1n) is 13.1. The van der Waals surface area contributed by atoms with Crippen molar-refractivity contribution < 1.29 is 14.0 Å². The van der Waals surface area contributed by atoms with Crippen molar-refractivity contribution >= 4 is 90.0 Å². The van der Waals surface area contributed by atoms with Gasteiger partial charge in [-0.05, 0) is 60.2 Å². The number of para-hydroxylation sites is 1. The summed E-state index contributed by atoms with van der Waals surface area (Å²) in [6.07, 6.45) is 0. The van der Waals surface area contributed by atoms with Crippen LogP contribution in [0, 0.1) is 0 Å².